The number of hydrogen-bond donors (Lipinski definition) is 1. The predicted octanol–water partition coefficient (Wildman–Crippen LogP) is 4.85. The summed E-state index contributed by atoms with van der Waals surface area (Å²) in [5.74, 6) is 0.761. The maximum absolute atomic E-state index is 12.6. The third kappa shape index (κ3) is 5.57. The van der Waals surface area contributed by atoms with E-state index in [1.807, 2.05) is 6.92 Å². The Kier molecular flexibility index (Phi) is 7.28. The second-order valence-electron chi connectivity index (χ2n) is 7.25. The number of aliphatic hydroxyl groups is 1. The SMILES string of the molecule is C=C(C)[C@@H]1C=C(C(C)C)CCC(=C)[C@H](O)CC[C@@H](C)CC1=O. The van der Waals surface area contributed by atoms with E-state index in [4.69, 9.17) is 0 Å². The molecule has 0 spiro atoms. The molecule has 0 aliphatic heterocycles. The average Bonchev–Trinajstić information content (AvgIpc) is 2.42. The maximum Gasteiger partial charge on any atom is 0.144 e. The van der Waals surface area contributed by atoms with E-state index in [9.17, 15) is 9.90 Å². The van der Waals surface area contributed by atoms with Gasteiger partial charge in [-0.05, 0) is 50.0 Å². The lowest BCUT2D eigenvalue weighted by atomic mass is 9.83. The number of hydrogen-bond acceptors (Lipinski definition) is 2. The van der Waals surface area contributed by atoms with Gasteiger partial charge in [-0.2, -0.15) is 0 Å². The van der Waals surface area contributed by atoms with E-state index in [0.29, 0.717) is 18.8 Å². The summed E-state index contributed by atoms with van der Waals surface area (Å²) in [5.41, 5.74) is 3.10. The molecule has 3 atom stereocenters. The number of Topliss-reactive ketones (excluding diaryl/α,β-unsaturated/α-hetero) is 1. The molecule has 1 aliphatic rings. The molecule has 22 heavy (non-hydrogen) atoms. The fourth-order valence-corrected chi connectivity index (χ4v) is 2.98. The average molecular weight is 304 g/mol. The van der Waals surface area contributed by atoms with Gasteiger partial charge >= 0.3 is 0 Å². The van der Waals surface area contributed by atoms with Crippen LogP contribution >= 0.6 is 0 Å². The molecule has 0 amide bonds. The summed E-state index contributed by atoms with van der Waals surface area (Å²) in [5, 5.41) is 10.2. The van der Waals surface area contributed by atoms with Crippen LogP contribution in [0.5, 0.6) is 0 Å². The molecule has 0 radical (unpaired) electrons. The van der Waals surface area contributed by atoms with Crippen molar-refractivity contribution in [2.45, 2.75) is 65.9 Å². The molecule has 1 rings (SSSR count). The Balaban J connectivity index is 3.10. The first-order valence-corrected chi connectivity index (χ1v) is 8.46. The van der Waals surface area contributed by atoms with E-state index >= 15 is 0 Å². The molecular weight excluding hydrogens is 272 g/mol. The molecule has 1 aliphatic carbocycles. The third-order valence-corrected chi connectivity index (χ3v) is 4.69. The number of aliphatic hydroxyl groups excluding tert-OH is 1. The number of carbonyl (C=O) groups excluding carboxylic acids is 1. The monoisotopic (exact) mass is 304 g/mol. The van der Waals surface area contributed by atoms with Crippen molar-refractivity contribution in [3.05, 3.63) is 36.0 Å². The quantitative estimate of drug-likeness (QED) is 0.741. The topological polar surface area (TPSA) is 37.3 Å². The van der Waals surface area contributed by atoms with Gasteiger partial charge in [0.15, 0.2) is 0 Å². The van der Waals surface area contributed by atoms with Crippen LogP contribution in [0.3, 0.4) is 0 Å². The van der Waals surface area contributed by atoms with Crippen LogP contribution < -0.4 is 0 Å². The van der Waals surface area contributed by atoms with Crippen molar-refractivity contribution in [1.82, 2.24) is 0 Å². The van der Waals surface area contributed by atoms with Crippen molar-refractivity contribution >= 4 is 5.78 Å². The summed E-state index contributed by atoms with van der Waals surface area (Å²) in [6.07, 6.45) is 5.43. The van der Waals surface area contributed by atoms with E-state index in [1.165, 1.54) is 5.57 Å². The van der Waals surface area contributed by atoms with Gasteiger partial charge in [0.1, 0.15) is 5.78 Å². The van der Waals surface area contributed by atoms with Gasteiger partial charge in [0.05, 0.1) is 12.0 Å². The van der Waals surface area contributed by atoms with Gasteiger partial charge < -0.3 is 5.11 Å². The zero-order valence-electron chi connectivity index (χ0n) is 14.7. The highest BCUT2D eigenvalue weighted by Gasteiger charge is 2.22. The first kappa shape index (κ1) is 18.9. The van der Waals surface area contributed by atoms with Crippen molar-refractivity contribution < 1.29 is 9.90 Å². The van der Waals surface area contributed by atoms with E-state index in [0.717, 1.165) is 30.4 Å². The molecule has 0 aromatic rings. The van der Waals surface area contributed by atoms with E-state index in [1.54, 1.807) is 0 Å². The van der Waals surface area contributed by atoms with Gasteiger partial charge in [-0.3, -0.25) is 4.79 Å². The minimum Gasteiger partial charge on any atom is -0.389 e. The molecule has 0 aromatic heterocycles. The Morgan fingerprint density at radius 1 is 1.32 bits per heavy atom. The minimum atomic E-state index is -0.442. The molecule has 1 N–H and O–H groups in total. The van der Waals surface area contributed by atoms with Crippen LogP contribution in [-0.2, 0) is 4.79 Å². The second-order valence-corrected chi connectivity index (χ2v) is 7.25. The van der Waals surface area contributed by atoms with Gasteiger partial charge in [0.25, 0.3) is 0 Å². The van der Waals surface area contributed by atoms with Gasteiger partial charge in [-0.25, -0.2) is 0 Å². The Labute approximate surface area is 136 Å². The van der Waals surface area contributed by atoms with Crippen molar-refractivity contribution in [2.24, 2.45) is 17.8 Å². The van der Waals surface area contributed by atoms with E-state index in [2.05, 4.69) is 40.0 Å². The smallest absolute Gasteiger partial charge is 0.144 e. The van der Waals surface area contributed by atoms with Crippen LogP contribution in [-0.4, -0.2) is 17.0 Å². The molecule has 0 bridgehead atoms. The Hall–Kier alpha value is -1.15. The number of allylic oxidation sites excluding steroid dienone is 3. The van der Waals surface area contributed by atoms with Gasteiger partial charge in [-0.1, -0.05) is 51.2 Å². The highest BCUT2D eigenvalue weighted by atomic mass is 16.3. The molecule has 0 saturated carbocycles. The molecule has 0 heterocycles. The summed E-state index contributed by atoms with van der Waals surface area (Å²) in [6, 6.07) is 0. The molecule has 2 heteroatoms. The highest BCUT2D eigenvalue weighted by Crippen LogP contribution is 2.28. The third-order valence-electron chi connectivity index (χ3n) is 4.69. The van der Waals surface area contributed by atoms with Gasteiger partial charge in [0.2, 0.25) is 0 Å². The lowest BCUT2D eigenvalue weighted by Crippen LogP contribution is -2.20. The molecule has 2 nitrogen and oxygen atoms in total. The fourth-order valence-electron chi connectivity index (χ4n) is 2.98. The lowest BCUT2D eigenvalue weighted by molar-refractivity contribution is -0.121. The van der Waals surface area contributed by atoms with Gasteiger partial charge in [0, 0.05) is 6.42 Å². The van der Waals surface area contributed by atoms with Crippen LogP contribution in [0.4, 0.5) is 0 Å². The number of ketones is 1. The first-order chi connectivity index (χ1) is 10.2. The maximum atomic E-state index is 12.6. The van der Waals surface area contributed by atoms with Gasteiger partial charge in [-0.15, -0.1) is 0 Å². The fraction of sp³-hybridized carbons (Fsp3) is 0.650. The molecule has 0 aromatic carbocycles. The molecule has 124 valence electrons. The zero-order chi connectivity index (χ0) is 16.9. The zero-order valence-corrected chi connectivity index (χ0v) is 14.7. The Morgan fingerprint density at radius 2 is 1.95 bits per heavy atom. The minimum absolute atomic E-state index is 0.169. The lowest BCUT2D eigenvalue weighted by Gasteiger charge is -2.23. The highest BCUT2D eigenvalue weighted by molar-refractivity contribution is 5.85. The van der Waals surface area contributed by atoms with Crippen LogP contribution in [0, 0.1) is 17.8 Å². The van der Waals surface area contributed by atoms with Crippen LogP contribution in [0.25, 0.3) is 0 Å². The summed E-state index contributed by atoms with van der Waals surface area (Å²) in [7, 11) is 0. The Bertz CT molecular complexity index is 456. The molecule has 0 unspecified atom stereocenters. The number of rotatable bonds is 2. The second kappa shape index (κ2) is 8.47. The van der Waals surface area contributed by atoms with Crippen LogP contribution in [0.2, 0.25) is 0 Å². The molecule has 0 fully saturated rings. The van der Waals surface area contributed by atoms with Crippen molar-refractivity contribution in [2.75, 3.05) is 0 Å². The Morgan fingerprint density at radius 3 is 2.50 bits per heavy atom. The summed E-state index contributed by atoms with van der Waals surface area (Å²) >= 11 is 0. The summed E-state index contributed by atoms with van der Waals surface area (Å²) in [6.45, 7) is 16.4. The summed E-state index contributed by atoms with van der Waals surface area (Å²) < 4.78 is 0. The standard InChI is InChI=1S/C20H32O2/c1-13(2)17-9-8-16(6)19(21)10-7-15(5)11-20(22)18(12-17)14(3)4/h12-13,15,18-19,21H,3,6-11H2,1-2,4-5H3/t15-,18+,19-/m1/s1. The first-order valence-electron chi connectivity index (χ1n) is 8.46. The van der Waals surface area contributed by atoms with Crippen molar-refractivity contribution in [3.8, 4) is 0 Å². The van der Waals surface area contributed by atoms with Crippen LogP contribution in [0.15, 0.2) is 36.0 Å². The molecular formula is C20H32O2. The normalized spacial score (nSPS) is 28.8. The largest absolute Gasteiger partial charge is 0.389 e. The van der Waals surface area contributed by atoms with E-state index < -0.39 is 6.10 Å². The van der Waals surface area contributed by atoms with Crippen molar-refractivity contribution in [3.63, 3.8) is 0 Å². The molecule has 0 saturated heterocycles. The van der Waals surface area contributed by atoms with Crippen LogP contribution in [0.1, 0.15) is 59.8 Å². The summed E-state index contributed by atoms with van der Waals surface area (Å²) in [4.78, 5) is 12.6. The van der Waals surface area contributed by atoms with E-state index in [-0.39, 0.29) is 17.6 Å². The number of carbonyl (C=O) groups is 1. The van der Waals surface area contributed by atoms with Crippen molar-refractivity contribution in [1.29, 1.82) is 0 Å². The predicted molar refractivity (Wildman–Crippen MR) is 93.6 cm³/mol.